The van der Waals surface area contributed by atoms with Crippen LogP contribution < -0.4 is 10.0 Å². The highest BCUT2D eigenvalue weighted by atomic mass is 32.2. The SMILES string of the molecule is CS(=O)(=O)Nc1cccc(CNC(=O)c2cc(-c3ccccc3)nn2-c2ccccc2)c1. The van der Waals surface area contributed by atoms with Crippen molar-refractivity contribution in [1.29, 1.82) is 0 Å². The van der Waals surface area contributed by atoms with Gasteiger partial charge in [0.05, 0.1) is 17.6 Å². The molecule has 4 rings (SSSR count). The molecule has 0 fully saturated rings. The van der Waals surface area contributed by atoms with Crippen LogP contribution in [0.3, 0.4) is 0 Å². The van der Waals surface area contributed by atoms with Crippen LogP contribution in [0.15, 0.2) is 91.0 Å². The molecule has 0 saturated carbocycles. The van der Waals surface area contributed by atoms with Gasteiger partial charge in [-0.3, -0.25) is 9.52 Å². The molecule has 3 aromatic carbocycles. The van der Waals surface area contributed by atoms with Crippen molar-refractivity contribution in [2.24, 2.45) is 0 Å². The van der Waals surface area contributed by atoms with Gasteiger partial charge in [0.15, 0.2) is 0 Å². The van der Waals surface area contributed by atoms with Crippen molar-refractivity contribution in [3.05, 3.63) is 102 Å². The molecule has 0 aliphatic carbocycles. The first-order valence-corrected chi connectivity index (χ1v) is 11.8. The maximum absolute atomic E-state index is 13.1. The highest BCUT2D eigenvalue weighted by Crippen LogP contribution is 2.22. The zero-order chi connectivity index (χ0) is 22.6. The van der Waals surface area contributed by atoms with Gasteiger partial charge in [0.2, 0.25) is 10.0 Å². The number of carbonyl (C=O) groups is 1. The van der Waals surface area contributed by atoms with Crippen LogP contribution in [0.5, 0.6) is 0 Å². The number of aromatic nitrogens is 2. The van der Waals surface area contributed by atoms with Crippen LogP contribution >= 0.6 is 0 Å². The number of hydrogen-bond acceptors (Lipinski definition) is 4. The topological polar surface area (TPSA) is 93.1 Å². The van der Waals surface area contributed by atoms with Gasteiger partial charge in [-0.2, -0.15) is 5.10 Å². The summed E-state index contributed by atoms with van der Waals surface area (Å²) in [7, 11) is -3.38. The molecule has 0 radical (unpaired) electrons. The fourth-order valence-electron chi connectivity index (χ4n) is 3.29. The Morgan fingerprint density at radius 2 is 1.59 bits per heavy atom. The van der Waals surface area contributed by atoms with Gasteiger partial charge in [0.1, 0.15) is 5.69 Å². The van der Waals surface area contributed by atoms with Crippen molar-refractivity contribution in [2.75, 3.05) is 11.0 Å². The quantitative estimate of drug-likeness (QED) is 0.451. The smallest absolute Gasteiger partial charge is 0.270 e. The molecule has 1 amide bonds. The van der Waals surface area contributed by atoms with Crippen LogP contribution in [0.25, 0.3) is 16.9 Å². The molecule has 7 nitrogen and oxygen atoms in total. The second-order valence-corrected chi connectivity index (χ2v) is 9.03. The van der Waals surface area contributed by atoms with Crippen LogP contribution in [-0.4, -0.2) is 30.4 Å². The van der Waals surface area contributed by atoms with Crippen LogP contribution in [-0.2, 0) is 16.6 Å². The normalized spacial score (nSPS) is 11.2. The molecule has 1 heterocycles. The van der Waals surface area contributed by atoms with Crippen molar-refractivity contribution in [3.63, 3.8) is 0 Å². The lowest BCUT2D eigenvalue weighted by Gasteiger charge is -2.10. The summed E-state index contributed by atoms with van der Waals surface area (Å²) in [4.78, 5) is 13.1. The molecule has 4 aromatic rings. The third-order valence-corrected chi connectivity index (χ3v) is 5.30. The number of benzene rings is 3. The van der Waals surface area contributed by atoms with Gasteiger partial charge >= 0.3 is 0 Å². The van der Waals surface area contributed by atoms with Crippen LogP contribution in [0.1, 0.15) is 16.1 Å². The molecular formula is C24H22N4O3S. The molecule has 1 aromatic heterocycles. The van der Waals surface area contributed by atoms with Crippen LogP contribution in [0.4, 0.5) is 5.69 Å². The number of hydrogen-bond donors (Lipinski definition) is 2. The number of sulfonamides is 1. The van der Waals surface area contributed by atoms with E-state index in [1.54, 1.807) is 28.9 Å². The number of nitrogens with zero attached hydrogens (tertiary/aromatic N) is 2. The molecule has 0 unspecified atom stereocenters. The number of anilines is 1. The lowest BCUT2D eigenvalue weighted by Crippen LogP contribution is -2.25. The van der Waals surface area contributed by atoms with Gasteiger partial charge in [-0.1, -0.05) is 60.7 Å². The number of rotatable bonds is 7. The average Bonchev–Trinajstić information content (AvgIpc) is 3.23. The molecule has 0 spiro atoms. The Hall–Kier alpha value is -3.91. The van der Waals surface area contributed by atoms with E-state index in [4.69, 9.17) is 0 Å². The lowest BCUT2D eigenvalue weighted by molar-refractivity contribution is 0.0943. The summed E-state index contributed by atoms with van der Waals surface area (Å²) >= 11 is 0. The Balaban J connectivity index is 1.59. The predicted molar refractivity (Wildman–Crippen MR) is 125 cm³/mol. The molecule has 0 atom stereocenters. The summed E-state index contributed by atoms with van der Waals surface area (Å²) in [6.07, 6.45) is 1.09. The summed E-state index contributed by atoms with van der Waals surface area (Å²) in [5, 5.41) is 7.56. The van der Waals surface area contributed by atoms with Crippen LogP contribution in [0.2, 0.25) is 0 Å². The van der Waals surface area contributed by atoms with Gasteiger partial charge < -0.3 is 5.32 Å². The van der Waals surface area contributed by atoms with Crippen molar-refractivity contribution < 1.29 is 13.2 Å². The van der Waals surface area contributed by atoms with Crippen molar-refractivity contribution in [3.8, 4) is 16.9 Å². The predicted octanol–water partition coefficient (Wildman–Crippen LogP) is 3.84. The van der Waals surface area contributed by atoms with E-state index in [1.165, 1.54) is 0 Å². The minimum absolute atomic E-state index is 0.235. The van der Waals surface area contributed by atoms with Crippen molar-refractivity contribution in [1.82, 2.24) is 15.1 Å². The first-order valence-electron chi connectivity index (χ1n) is 9.95. The Morgan fingerprint density at radius 1 is 0.906 bits per heavy atom. The maximum Gasteiger partial charge on any atom is 0.270 e. The first kappa shape index (κ1) is 21.3. The van der Waals surface area contributed by atoms with Crippen molar-refractivity contribution >= 4 is 21.6 Å². The Labute approximate surface area is 186 Å². The molecular weight excluding hydrogens is 424 g/mol. The fraction of sp³-hybridized carbons (Fsp3) is 0.0833. The van der Waals surface area contributed by atoms with E-state index >= 15 is 0 Å². The van der Waals surface area contributed by atoms with Gasteiger partial charge in [0, 0.05) is 17.8 Å². The molecule has 0 saturated heterocycles. The summed E-state index contributed by atoms with van der Waals surface area (Å²) in [5.41, 5.74) is 4.00. The summed E-state index contributed by atoms with van der Waals surface area (Å²) in [6.45, 7) is 0.235. The van der Waals surface area contributed by atoms with Gasteiger partial charge in [-0.05, 0) is 35.9 Å². The van der Waals surface area contributed by atoms with Gasteiger partial charge in [0.25, 0.3) is 5.91 Å². The minimum atomic E-state index is -3.38. The van der Waals surface area contributed by atoms with E-state index in [-0.39, 0.29) is 12.5 Å². The Bertz CT molecular complexity index is 1330. The minimum Gasteiger partial charge on any atom is -0.347 e. The second-order valence-electron chi connectivity index (χ2n) is 7.29. The Morgan fingerprint density at radius 3 is 2.28 bits per heavy atom. The molecule has 2 N–H and O–H groups in total. The van der Waals surface area contributed by atoms with E-state index in [2.05, 4.69) is 15.1 Å². The van der Waals surface area contributed by atoms with E-state index in [9.17, 15) is 13.2 Å². The number of nitrogens with one attached hydrogen (secondary N) is 2. The zero-order valence-electron chi connectivity index (χ0n) is 17.4. The summed E-state index contributed by atoms with van der Waals surface area (Å²) in [6, 6.07) is 27.8. The lowest BCUT2D eigenvalue weighted by atomic mass is 10.1. The van der Waals surface area contributed by atoms with E-state index in [1.807, 2.05) is 66.7 Å². The maximum atomic E-state index is 13.1. The highest BCUT2D eigenvalue weighted by Gasteiger charge is 2.17. The second kappa shape index (κ2) is 9.07. The van der Waals surface area contributed by atoms with Crippen LogP contribution in [0, 0.1) is 0 Å². The average molecular weight is 447 g/mol. The zero-order valence-corrected chi connectivity index (χ0v) is 18.2. The molecule has 32 heavy (non-hydrogen) atoms. The standard InChI is InChI=1S/C24H22N4O3S/c1-32(30,31)27-20-12-8-9-18(15-20)17-25-24(29)23-16-22(19-10-4-2-5-11-19)26-28(23)21-13-6-3-7-14-21/h2-16,27H,17H2,1H3,(H,25,29). The number of para-hydroxylation sites is 1. The number of amides is 1. The fourth-order valence-corrected chi connectivity index (χ4v) is 3.85. The third-order valence-electron chi connectivity index (χ3n) is 4.70. The van der Waals surface area contributed by atoms with E-state index < -0.39 is 10.0 Å². The Kier molecular flexibility index (Phi) is 6.04. The molecule has 0 aliphatic heterocycles. The number of carbonyl (C=O) groups excluding carboxylic acids is 1. The first-order chi connectivity index (χ1) is 15.4. The molecule has 0 aliphatic rings. The molecule has 162 valence electrons. The molecule has 8 heteroatoms. The third kappa shape index (κ3) is 5.22. The summed E-state index contributed by atoms with van der Waals surface area (Å²) < 4.78 is 27.0. The van der Waals surface area contributed by atoms with Crippen molar-refractivity contribution in [2.45, 2.75) is 6.54 Å². The van der Waals surface area contributed by atoms with E-state index in [0.29, 0.717) is 17.1 Å². The van der Waals surface area contributed by atoms with Gasteiger partial charge in [-0.15, -0.1) is 0 Å². The largest absolute Gasteiger partial charge is 0.347 e. The highest BCUT2D eigenvalue weighted by molar-refractivity contribution is 7.92. The monoisotopic (exact) mass is 446 g/mol. The molecule has 0 bridgehead atoms. The summed E-state index contributed by atoms with van der Waals surface area (Å²) in [5.74, 6) is -0.287. The van der Waals surface area contributed by atoms with Gasteiger partial charge in [-0.25, -0.2) is 13.1 Å². The van der Waals surface area contributed by atoms with E-state index in [0.717, 1.165) is 23.1 Å².